The molecule has 0 aliphatic carbocycles. The van der Waals surface area contributed by atoms with Gasteiger partial charge in [-0.25, -0.2) is 4.79 Å². The van der Waals surface area contributed by atoms with E-state index in [1.807, 2.05) is 42.8 Å². The zero-order chi connectivity index (χ0) is 24.7. The number of nitrogens with one attached hydrogen (secondary N) is 1. The molecule has 176 valence electrons. The second kappa shape index (κ2) is 11.4. The van der Waals surface area contributed by atoms with Crippen LogP contribution >= 0.6 is 11.6 Å². The molecule has 0 saturated carbocycles. The van der Waals surface area contributed by atoms with Gasteiger partial charge in [-0.15, -0.1) is 0 Å². The highest BCUT2D eigenvalue weighted by Gasteiger charge is 2.12. The number of ketones is 1. The van der Waals surface area contributed by atoms with Gasteiger partial charge in [-0.1, -0.05) is 36.7 Å². The van der Waals surface area contributed by atoms with Crippen LogP contribution in [0.3, 0.4) is 0 Å². The lowest BCUT2D eigenvalue weighted by Gasteiger charge is -2.06. The maximum Gasteiger partial charge on any atom is 0.331 e. The Hall–Kier alpha value is -3.71. The van der Waals surface area contributed by atoms with E-state index in [1.54, 1.807) is 37.3 Å². The molecule has 2 aromatic carbocycles. The fourth-order valence-electron chi connectivity index (χ4n) is 3.30. The average molecular weight is 480 g/mol. The van der Waals surface area contributed by atoms with Gasteiger partial charge in [-0.2, -0.15) is 5.10 Å². The normalized spacial score (nSPS) is 10.9. The van der Waals surface area contributed by atoms with E-state index < -0.39 is 5.97 Å². The van der Waals surface area contributed by atoms with Gasteiger partial charge in [-0.05, 0) is 55.8 Å². The number of rotatable bonds is 9. The molecule has 0 spiro atoms. The van der Waals surface area contributed by atoms with Crippen LogP contribution in [-0.4, -0.2) is 34.0 Å². The number of esters is 1. The summed E-state index contributed by atoms with van der Waals surface area (Å²) in [5, 5.41) is 7.92. The Morgan fingerprint density at radius 2 is 1.79 bits per heavy atom. The van der Waals surface area contributed by atoms with Crippen LogP contribution in [0.1, 0.15) is 46.2 Å². The highest BCUT2D eigenvalue weighted by Crippen LogP contribution is 2.20. The third-order valence-corrected chi connectivity index (χ3v) is 5.63. The minimum Gasteiger partial charge on any atom is -0.454 e. The Labute approximate surface area is 203 Å². The summed E-state index contributed by atoms with van der Waals surface area (Å²) in [5.41, 5.74) is 4.39. The molecule has 0 atom stereocenters. The van der Waals surface area contributed by atoms with E-state index in [0.29, 0.717) is 29.2 Å². The molecule has 1 aromatic heterocycles. The van der Waals surface area contributed by atoms with Crippen LogP contribution in [0.15, 0.2) is 54.6 Å². The molecule has 3 rings (SSSR count). The van der Waals surface area contributed by atoms with Gasteiger partial charge in [0.25, 0.3) is 0 Å². The van der Waals surface area contributed by atoms with Gasteiger partial charge >= 0.3 is 5.97 Å². The van der Waals surface area contributed by atoms with Crippen LogP contribution in [-0.2, 0) is 20.9 Å². The van der Waals surface area contributed by atoms with E-state index in [0.717, 1.165) is 22.5 Å². The van der Waals surface area contributed by atoms with Crippen molar-refractivity contribution in [3.63, 3.8) is 0 Å². The number of aromatic nitrogens is 2. The van der Waals surface area contributed by atoms with Crippen molar-refractivity contribution < 1.29 is 19.1 Å². The van der Waals surface area contributed by atoms with Crippen LogP contribution in [0.25, 0.3) is 6.08 Å². The topological polar surface area (TPSA) is 90.3 Å². The first-order valence-corrected chi connectivity index (χ1v) is 11.2. The Morgan fingerprint density at radius 1 is 1.09 bits per heavy atom. The van der Waals surface area contributed by atoms with Crippen LogP contribution < -0.4 is 5.32 Å². The number of halogens is 1. The number of nitrogens with zero attached hydrogens (tertiary/aromatic N) is 2. The fraction of sp³-hybridized carbons (Fsp3) is 0.231. The van der Waals surface area contributed by atoms with Crippen molar-refractivity contribution in [1.82, 2.24) is 9.78 Å². The lowest BCUT2D eigenvalue weighted by molar-refractivity contribution is -0.136. The smallest absolute Gasteiger partial charge is 0.331 e. The van der Waals surface area contributed by atoms with Crippen molar-refractivity contribution in [3.05, 3.63) is 87.7 Å². The highest BCUT2D eigenvalue weighted by atomic mass is 35.5. The third kappa shape index (κ3) is 6.42. The quantitative estimate of drug-likeness (QED) is 0.265. The number of Topliss-reactive ketones (excluding diaryl/α,β-unsaturated/α-hetero) is 1. The van der Waals surface area contributed by atoms with Gasteiger partial charge in [0.05, 0.1) is 12.2 Å². The van der Waals surface area contributed by atoms with Crippen molar-refractivity contribution in [2.75, 3.05) is 11.9 Å². The van der Waals surface area contributed by atoms with Crippen molar-refractivity contribution in [1.29, 1.82) is 0 Å². The molecule has 3 aromatic rings. The molecular weight excluding hydrogens is 454 g/mol. The highest BCUT2D eigenvalue weighted by molar-refractivity contribution is 6.31. The number of hydrogen-bond acceptors (Lipinski definition) is 5. The minimum absolute atomic E-state index is 0.111. The zero-order valence-electron chi connectivity index (χ0n) is 19.3. The van der Waals surface area contributed by atoms with Crippen LogP contribution in [0, 0.1) is 13.8 Å². The number of amides is 1. The average Bonchev–Trinajstić information content (AvgIpc) is 3.10. The number of aryl methyl sites for hydroxylation is 1. The summed E-state index contributed by atoms with van der Waals surface area (Å²) in [5.74, 6) is -1.08. The monoisotopic (exact) mass is 479 g/mol. The molecule has 0 saturated heterocycles. The first-order chi connectivity index (χ1) is 16.3. The van der Waals surface area contributed by atoms with E-state index in [-0.39, 0.29) is 18.3 Å². The number of benzene rings is 2. The van der Waals surface area contributed by atoms with Crippen LogP contribution in [0.4, 0.5) is 5.69 Å². The minimum atomic E-state index is -0.627. The van der Waals surface area contributed by atoms with Gasteiger partial charge in [0.1, 0.15) is 0 Å². The van der Waals surface area contributed by atoms with Gasteiger partial charge in [-0.3, -0.25) is 14.3 Å². The molecule has 0 aliphatic rings. The van der Waals surface area contributed by atoms with Crippen molar-refractivity contribution in [2.45, 2.75) is 33.7 Å². The maximum absolute atomic E-state index is 12.3. The van der Waals surface area contributed by atoms with Crippen molar-refractivity contribution >= 4 is 41.0 Å². The van der Waals surface area contributed by atoms with E-state index in [9.17, 15) is 14.4 Å². The van der Waals surface area contributed by atoms with E-state index >= 15 is 0 Å². The Kier molecular flexibility index (Phi) is 8.38. The van der Waals surface area contributed by atoms with Gasteiger partial charge in [0, 0.05) is 40.0 Å². The number of carbonyl (C=O) groups excluding carboxylic acids is 3. The Bertz CT molecular complexity index is 1230. The number of hydrogen-bond donors (Lipinski definition) is 1. The predicted octanol–water partition coefficient (Wildman–Crippen LogP) is 4.99. The predicted molar refractivity (Wildman–Crippen MR) is 132 cm³/mol. The molecule has 0 unspecified atom stereocenters. The SMILES string of the molecule is CCC(=O)Nc1ccc(C(=O)COC(=O)/C=C/c2c(C)nn(Cc3ccccc3Cl)c2C)cc1. The summed E-state index contributed by atoms with van der Waals surface area (Å²) in [6.07, 6.45) is 3.29. The first kappa shape index (κ1) is 24.9. The fourth-order valence-corrected chi connectivity index (χ4v) is 3.50. The molecule has 8 heteroatoms. The molecule has 1 heterocycles. The summed E-state index contributed by atoms with van der Waals surface area (Å²) < 4.78 is 6.93. The number of carbonyl (C=O) groups is 3. The maximum atomic E-state index is 12.3. The largest absolute Gasteiger partial charge is 0.454 e. The molecule has 34 heavy (non-hydrogen) atoms. The van der Waals surface area contributed by atoms with E-state index in [4.69, 9.17) is 16.3 Å². The molecule has 0 aliphatic heterocycles. The first-order valence-electron chi connectivity index (χ1n) is 10.8. The lowest BCUT2D eigenvalue weighted by Crippen LogP contribution is -2.13. The standard InChI is InChI=1S/C26H26ClN3O4/c1-4-25(32)28-21-11-9-19(10-12-21)24(31)16-34-26(33)14-13-22-17(2)29-30(18(22)3)15-20-7-5-6-8-23(20)27/h5-14H,4,15-16H2,1-3H3,(H,28,32)/b14-13+. The summed E-state index contributed by atoms with van der Waals surface area (Å²) in [6, 6.07) is 14.0. The Morgan fingerprint density at radius 3 is 2.47 bits per heavy atom. The molecular formula is C26H26ClN3O4. The number of ether oxygens (including phenoxy) is 1. The molecule has 0 bridgehead atoms. The van der Waals surface area contributed by atoms with E-state index in [1.165, 1.54) is 6.08 Å². The number of anilines is 1. The second-order valence-corrected chi connectivity index (χ2v) is 8.08. The molecule has 1 N–H and O–H groups in total. The third-order valence-electron chi connectivity index (χ3n) is 5.26. The molecule has 1 amide bonds. The van der Waals surface area contributed by atoms with Crippen molar-refractivity contribution in [3.8, 4) is 0 Å². The molecule has 0 radical (unpaired) electrons. The van der Waals surface area contributed by atoms with E-state index in [2.05, 4.69) is 10.4 Å². The summed E-state index contributed by atoms with van der Waals surface area (Å²) in [6.45, 7) is 5.66. The molecule has 7 nitrogen and oxygen atoms in total. The summed E-state index contributed by atoms with van der Waals surface area (Å²) in [7, 11) is 0. The van der Waals surface area contributed by atoms with Gasteiger partial charge < -0.3 is 10.1 Å². The lowest BCUT2D eigenvalue weighted by atomic mass is 10.1. The zero-order valence-corrected chi connectivity index (χ0v) is 20.1. The van der Waals surface area contributed by atoms with Gasteiger partial charge in [0.15, 0.2) is 12.4 Å². The Balaban J connectivity index is 1.58. The molecule has 0 fully saturated rings. The second-order valence-electron chi connectivity index (χ2n) is 7.68. The summed E-state index contributed by atoms with van der Waals surface area (Å²) in [4.78, 5) is 35.9. The van der Waals surface area contributed by atoms with Crippen molar-refractivity contribution in [2.24, 2.45) is 0 Å². The van der Waals surface area contributed by atoms with Gasteiger partial charge in [0.2, 0.25) is 5.91 Å². The van der Waals surface area contributed by atoms with Crippen LogP contribution in [0.2, 0.25) is 5.02 Å². The van der Waals surface area contributed by atoms with Crippen LogP contribution in [0.5, 0.6) is 0 Å². The summed E-state index contributed by atoms with van der Waals surface area (Å²) >= 11 is 6.25.